The molecule has 2 aliphatic rings. The van der Waals surface area contributed by atoms with Crippen LogP contribution in [0.2, 0.25) is 0 Å². The van der Waals surface area contributed by atoms with E-state index >= 15 is 0 Å². The molecule has 2 rings (SSSR count). The van der Waals surface area contributed by atoms with Crippen LogP contribution in [0, 0.1) is 5.92 Å². The van der Waals surface area contributed by atoms with Crippen LogP contribution in [0.3, 0.4) is 0 Å². The molecule has 0 aromatic rings. The first kappa shape index (κ1) is 12.7. The van der Waals surface area contributed by atoms with Gasteiger partial charge in [-0.15, -0.1) is 0 Å². The summed E-state index contributed by atoms with van der Waals surface area (Å²) in [6.45, 7) is 4.34. The molecule has 2 aliphatic heterocycles. The average molecular weight is 243 g/mol. The fourth-order valence-electron chi connectivity index (χ4n) is 3.13. The van der Waals surface area contributed by atoms with Gasteiger partial charge in [0.25, 0.3) is 0 Å². The predicted octanol–water partition coefficient (Wildman–Crippen LogP) is 2.68. The Hall–Kier alpha value is 0.270. The summed E-state index contributed by atoms with van der Waals surface area (Å²) in [5.41, 5.74) is 0.235. The van der Waals surface area contributed by atoms with E-state index in [1.165, 1.54) is 44.4 Å². The van der Waals surface area contributed by atoms with Crippen LogP contribution in [-0.2, 0) is 4.74 Å². The Kier molecular flexibility index (Phi) is 4.57. The van der Waals surface area contributed by atoms with Crippen LogP contribution in [0.5, 0.6) is 0 Å². The molecule has 3 unspecified atom stereocenters. The third kappa shape index (κ3) is 3.38. The van der Waals surface area contributed by atoms with Crippen LogP contribution in [0.25, 0.3) is 0 Å². The van der Waals surface area contributed by atoms with E-state index in [9.17, 15) is 0 Å². The number of nitrogens with one attached hydrogen (secondary N) is 1. The van der Waals surface area contributed by atoms with Crippen molar-refractivity contribution in [1.29, 1.82) is 0 Å². The summed E-state index contributed by atoms with van der Waals surface area (Å²) < 4.78 is 5.30. The van der Waals surface area contributed by atoms with Crippen molar-refractivity contribution in [2.75, 3.05) is 26.0 Å². The molecule has 2 fully saturated rings. The van der Waals surface area contributed by atoms with Crippen LogP contribution in [-0.4, -0.2) is 36.8 Å². The standard InChI is InChI=1S/C13H25NOS/c1-13(10-15-2)8-11(9-14-13)7-12-5-3-4-6-16-12/h11-12,14H,3-10H2,1-2H3. The maximum atomic E-state index is 5.30. The molecule has 0 aromatic heterocycles. The summed E-state index contributed by atoms with van der Waals surface area (Å²) in [6, 6.07) is 0. The molecule has 2 saturated heterocycles. The lowest BCUT2D eigenvalue weighted by Gasteiger charge is -2.25. The van der Waals surface area contributed by atoms with Crippen LogP contribution < -0.4 is 5.32 Å². The zero-order valence-electron chi connectivity index (χ0n) is 10.6. The summed E-state index contributed by atoms with van der Waals surface area (Å²) in [7, 11) is 1.80. The molecule has 2 heterocycles. The third-order valence-corrected chi connectivity index (χ3v) is 5.31. The van der Waals surface area contributed by atoms with Crippen molar-refractivity contribution in [3.8, 4) is 0 Å². The van der Waals surface area contributed by atoms with E-state index in [0.29, 0.717) is 0 Å². The first-order valence-electron chi connectivity index (χ1n) is 6.57. The molecule has 1 N–H and O–H groups in total. The van der Waals surface area contributed by atoms with Gasteiger partial charge in [0.1, 0.15) is 0 Å². The van der Waals surface area contributed by atoms with Crippen molar-refractivity contribution < 1.29 is 4.74 Å². The Morgan fingerprint density at radius 2 is 2.31 bits per heavy atom. The molecule has 0 aromatic carbocycles. The zero-order chi connectivity index (χ0) is 11.4. The second-order valence-corrected chi connectivity index (χ2v) is 7.08. The lowest BCUT2D eigenvalue weighted by Crippen LogP contribution is -2.40. The van der Waals surface area contributed by atoms with E-state index in [4.69, 9.17) is 4.74 Å². The van der Waals surface area contributed by atoms with E-state index in [1.54, 1.807) is 7.11 Å². The van der Waals surface area contributed by atoms with Crippen molar-refractivity contribution >= 4 is 11.8 Å². The second kappa shape index (κ2) is 5.74. The molecule has 3 heteroatoms. The van der Waals surface area contributed by atoms with Gasteiger partial charge in [-0.3, -0.25) is 0 Å². The summed E-state index contributed by atoms with van der Waals surface area (Å²) in [5.74, 6) is 2.26. The molecule has 0 radical (unpaired) electrons. The van der Waals surface area contributed by atoms with E-state index < -0.39 is 0 Å². The molecular formula is C13H25NOS. The maximum absolute atomic E-state index is 5.30. The highest BCUT2D eigenvalue weighted by molar-refractivity contribution is 7.99. The Bertz CT molecular complexity index is 218. The lowest BCUT2D eigenvalue weighted by atomic mass is 9.91. The molecule has 0 saturated carbocycles. The number of hydrogen-bond donors (Lipinski definition) is 1. The SMILES string of the molecule is COCC1(C)CC(CC2CCCCS2)CN1. The van der Waals surface area contributed by atoms with Crippen molar-refractivity contribution in [3.63, 3.8) is 0 Å². The molecule has 94 valence electrons. The summed E-state index contributed by atoms with van der Waals surface area (Å²) in [5, 5.41) is 4.57. The van der Waals surface area contributed by atoms with Gasteiger partial charge in [0.15, 0.2) is 0 Å². The smallest absolute Gasteiger partial charge is 0.0641 e. The minimum Gasteiger partial charge on any atom is -0.383 e. The highest BCUT2D eigenvalue weighted by Crippen LogP contribution is 2.34. The topological polar surface area (TPSA) is 21.3 Å². The zero-order valence-corrected chi connectivity index (χ0v) is 11.4. The van der Waals surface area contributed by atoms with Crippen molar-refractivity contribution in [1.82, 2.24) is 5.32 Å². The molecule has 0 bridgehead atoms. The van der Waals surface area contributed by atoms with Gasteiger partial charge in [-0.1, -0.05) is 6.42 Å². The Morgan fingerprint density at radius 3 is 3.00 bits per heavy atom. The first-order valence-corrected chi connectivity index (χ1v) is 7.62. The van der Waals surface area contributed by atoms with E-state index in [2.05, 4.69) is 24.0 Å². The lowest BCUT2D eigenvalue weighted by molar-refractivity contribution is 0.128. The van der Waals surface area contributed by atoms with Crippen molar-refractivity contribution in [2.24, 2.45) is 5.92 Å². The minimum atomic E-state index is 0.235. The Morgan fingerprint density at radius 1 is 1.44 bits per heavy atom. The van der Waals surface area contributed by atoms with Gasteiger partial charge in [0.2, 0.25) is 0 Å². The fourth-order valence-corrected chi connectivity index (χ4v) is 4.58. The highest BCUT2D eigenvalue weighted by Gasteiger charge is 2.35. The minimum absolute atomic E-state index is 0.235. The highest BCUT2D eigenvalue weighted by atomic mass is 32.2. The molecule has 0 spiro atoms. The van der Waals surface area contributed by atoms with Crippen molar-refractivity contribution in [2.45, 2.75) is 49.8 Å². The molecule has 0 aliphatic carbocycles. The van der Waals surface area contributed by atoms with Gasteiger partial charge in [0, 0.05) is 17.9 Å². The molecular weight excluding hydrogens is 218 g/mol. The fraction of sp³-hybridized carbons (Fsp3) is 1.00. The average Bonchev–Trinajstić information content (AvgIpc) is 2.62. The van der Waals surface area contributed by atoms with Gasteiger partial charge in [-0.2, -0.15) is 11.8 Å². The van der Waals surface area contributed by atoms with Gasteiger partial charge >= 0.3 is 0 Å². The summed E-state index contributed by atoms with van der Waals surface area (Å²) in [4.78, 5) is 0. The Balaban J connectivity index is 1.75. The molecule has 3 atom stereocenters. The van der Waals surface area contributed by atoms with E-state index in [-0.39, 0.29) is 5.54 Å². The number of rotatable bonds is 4. The monoisotopic (exact) mass is 243 g/mol. The van der Waals surface area contributed by atoms with Crippen LogP contribution >= 0.6 is 11.8 Å². The summed E-state index contributed by atoms with van der Waals surface area (Å²) >= 11 is 2.20. The van der Waals surface area contributed by atoms with E-state index in [0.717, 1.165) is 17.8 Å². The largest absolute Gasteiger partial charge is 0.383 e. The number of ether oxygens (including phenoxy) is 1. The van der Waals surface area contributed by atoms with Crippen LogP contribution in [0.4, 0.5) is 0 Å². The predicted molar refractivity (Wildman–Crippen MR) is 71.1 cm³/mol. The normalized spacial score (nSPS) is 40.1. The second-order valence-electron chi connectivity index (χ2n) is 5.67. The van der Waals surface area contributed by atoms with E-state index in [1.807, 2.05) is 0 Å². The third-order valence-electron chi connectivity index (χ3n) is 3.89. The number of thioether (sulfide) groups is 1. The number of hydrogen-bond acceptors (Lipinski definition) is 3. The first-order chi connectivity index (χ1) is 7.72. The molecule has 2 nitrogen and oxygen atoms in total. The number of methoxy groups -OCH3 is 1. The van der Waals surface area contributed by atoms with Crippen LogP contribution in [0.1, 0.15) is 39.0 Å². The molecule has 16 heavy (non-hydrogen) atoms. The Labute approximate surface area is 104 Å². The maximum Gasteiger partial charge on any atom is 0.0641 e. The quantitative estimate of drug-likeness (QED) is 0.820. The molecule has 0 amide bonds. The summed E-state index contributed by atoms with van der Waals surface area (Å²) in [6.07, 6.45) is 7.04. The van der Waals surface area contributed by atoms with Gasteiger partial charge in [0.05, 0.1) is 6.61 Å². The van der Waals surface area contributed by atoms with Gasteiger partial charge in [-0.25, -0.2) is 0 Å². The van der Waals surface area contributed by atoms with Gasteiger partial charge in [-0.05, 0) is 50.8 Å². The van der Waals surface area contributed by atoms with Gasteiger partial charge < -0.3 is 10.1 Å². The van der Waals surface area contributed by atoms with Crippen molar-refractivity contribution in [3.05, 3.63) is 0 Å². The van der Waals surface area contributed by atoms with Crippen LogP contribution in [0.15, 0.2) is 0 Å².